The highest BCUT2D eigenvalue weighted by Gasteiger charge is 2.11. The van der Waals surface area contributed by atoms with Crippen LogP contribution in [0, 0.1) is 0 Å². The second-order valence-electron chi connectivity index (χ2n) is 3.58. The van der Waals surface area contributed by atoms with Gasteiger partial charge in [-0.15, -0.1) is 10.2 Å². The number of rotatable bonds is 7. The van der Waals surface area contributed by atoms with Crippen molar-refractivity contribution in [3.8, 4) is 0 Å². The van der Waals surface area contributed by atoms with Crippen molar-refractivity contribution in [3.05, 3.63) is 0 Å². The van der Waals surface area contributed by atoms with Gasteiger partial charge in [-0.3, -0.25) is 10.1 Å². The standard InChI is InChI=1S/C11H18N4OS4/c1-4-15(5-2)11(17)19-7-8(16)12-9-13-14-10(20-9)18-6-3/h4-7H2,1-3H3,(H,12,13,16). The van der Waals surface area contributed by atoms with Crippen molar-refractivity contribution in [2.45, 2.75) is 25.1 Å². The van der Waals surface area contributed by atoms with Crippen molar-refractivity contribution in [1.29, 1.82) is 0 Å². The Bertz CT molecular complexity index is 447. The van der Waals surface area contributed by atoms with Crippen molar-refractivity contribution in [1.82, 2.24) is 15.1 Å². The van der Waals surface area contributed by atoms with Crippen LogP contribution in [0.1, 0.15) is 20.8 Å². The maximum Gasteiger partial charge on any atom is 0.236 e. The lowest BCUT2D eigenvalue weighted by atomic mass is 10.6. The Morgan fingerprint density at radius 1 is 1.35 bits per heavy atom. The Kier molecular flexibility index (Phi) is 8.43. The molecule has 0 aliphatic carbocycles. The molecular formula is C11H18N4OS4. The number of carbonyl (C=O) groups is 1. The Morgan fingerprint density at radius 3 is 2.65 bits per heavy atom. The molecule has 0 aliphatic heterocycles. The number of thioether (sulfide) groups is 2. The molecule has 0 fully saturated rings. The Balaban J connectivity index is 2.37. The molecule has 112 valence electrons. The summed E-state index contributed by atoms with van der Waals surface area (Å²) >= 11 is 9.65. The van der Waals surface area contributed by atoms with Crippen LogP contribution in [0.25, 0.3) is 0 Å². The Hall–Kier alpha value is -0.380. The smallest absolute Gasteiger partial charge is 0.236 e. The number of anilines is 1. The summed E-state index contributed by atoms with van der Waals surface area (Å²) in [5.74, 6) is 1.13. The topological polar surface area (TPSA) is 58.1 Å². The van der Waals surface area contributed by atoms with Crippen molar-refractivity contribution in [2.24, 2.45) is 0 Å². The average Bonchev–Trinajstić information content (AvgIpc) is 2.85. The third kappa shape index (κ3) is 5.94. The largest absolute Gasteiger partial charge is 0.358 e. The molecule has 1 N–H and O–H groups in total. The molecular weight excluding hydrogens is 332 g/mol. The van der Waals surface area contributed by atoms with Crippen LogP contribution in [0.15, 0.2) is 4.34 Å². The maximum atomic E-state index is 11.8. The van der Waals surface area contributed by atoms with Gasteiger partial charge in [0, 0.05) is 13.1 Å². The molecule has 0 spiro atoms. The zero-order valence-corrected chi connectivity index (χ0v) is 15.0. The fourth-order valence-electron chi connectivity index (χ4n) is 1.30. The van der Waals surface area contributed by atoms with Crippen molar-refractivity contribution in [2.75, 3.05) is 29.9 Å². The molecule has 0 atom stereocenters. The number of amides is 1. The summed E-state index contributed by atoms with van der Waals surface area (Å²) in [6.45, 7) is 7.86. The number of carbonyl (C=O) groups excluding carboxylic acids is 1. The van der Waals surface area contributed by atoms with Gasteiger partial charge < -0.3 is 4.90 Å². The number of nitrogens with one attached hydrogen (secondary N) is 1. The first kappa shape index (κ1) is 17.7. The molecule has 0 unspecified atom stereocenters. The van der Waals surface area contributed by atoms with Crippen molar-refractivity contribution < 1.29 is 4.79 Å². The molecule has 0 saturated carbocycles. The third-order valence-corrected chi connectivity index (χ3v) is 5.65. The van der Waals surface area contributed by atoms with Gasteiger partial charge in [0.1, 0.15) is 4.32 Å². The summed E-state index contributed by atoms with van der Waals surface area (Å²) in [7, 11) is 0. The van der Waals surface area contributed by atoms with Crippen LogP contribution in [0.2, 0.25) is 0 Å². The number of hydrogen-bond donors (Lipinski definition) is 1. The van der Waals surface area contributed by atoms with Crippen molar-refractivity contribution in [3.63, 3.8) is 0 Å². The van der Waals surface area contributed by atoms with Gasteiger partial charge in [0.2, 0.25) is 11.0 Å². The van der Waals surface area contributed by atoms with Crippen LogP contribution in [-0.4, -0.2) is 49.9 Å². The molecule has 1 aromatic rings. The lowest BCUT2D eigenvalue weighted by Crippen LogP contribution is -2.28. The number of aromatic nitrogens is 2. The molecule has 0 saturated heterocycles. The predicted molar refractivity (Wildman–Crippen MR) is 92.9 cm³/mol. The van der Waals surface area contributed by atoms with Gasteiger partial charge in [0.15, 0.2) is 4.34 Å². The van der Waals surface area contributed by atoms with Crippen molar-refractivity contribution >= 4 is 62.4 Å². The predicted octanol–water partition coefficient (Wildman–Crippen LogP) is 2.95. The van der Waals surface area contributed by atoms with Gasteiger partial charge in [0.05, 0.1) is 5.75 Å². The van der Waals surface area contributed by atoms with Gasteiger partial charge in [-0.1, -0.05) is 54.0 Å². The van der Waals surface area contributed by atoms with Crippen LogP contribution < -0.4 is 5.32 Å². The van der Waals surface area contributed by atoms with Crippen LogP contribution in [0.5, 0.6) is 0 Å². The number of nitrogens with zero attached hydrogens (tertiary/aromatic N) is 3. The summed E-state index contributed by atoms with van der Waals surface area (Å²) in [5, 5.41) is 11.2. The van der Waals surface area contributed by atoms with E-state index in [0.29, 0.717) is 10.9 Å². The third-order valence-electron chi connectivity index (χ3n) is 2.27. The normalized spacial score (nSPS) is 10.3. The second kappa shape index (κ2) is 9.54. The van der Waals surface area contributed by atoms with E-state index in [0.717, 1.165) is 27.5 Å². The minimum Gasteiger partial charge on any atom is -0.358 e. The lowest BCUT2D eigenvalue weighted by molar-refractivity contribution is -0.113. The fourth-order valence-corrected chi connectivity index (χ4v) is 4.17. The highest BCUT2D eigenvalue weighted by atomic mass is 32.2. The molecule has 1 amide bonds. The molecule has 0 bridgehead atoms. The Labute approximate surface area is 137 Å². The molecule has 0 radical (unpaired) electrons. The average molecular weight is 351 g/mol. The van der Waals surface area contributed by atoms with E-state index >= 15 is 0 Å². The molecule has 0 aromatic carbocycles. The minimum absolute atomic E-state index is 0.103. The first-order valence-corrected chi connectivity index (χ1v) is 9.48. The molecule has 5 nitrogen and oxygen atoms in total. The van der Waals surface area contributed by atoms with E-state index < -0.39 is 0 Å². The van der Waals surface area contributed by atoms with Crippen LogP contribution in [-0.2, 0) is 4.79 Å². The summed E-state index contributed by atoms with van der Waals surface area (Å²) < 4.78 is 1.62. The summed E-state index contributed by atoms with van der Waals surface area (Å²) in [4.78, 5) is 13.9. The van der Waals surface area contributed by atoms with Gasteiger partial charge in [-0.2, -0.15) is 0 Å². The van der Waals surface area contributed by atoms with E-state index in [-0.39, 0.29) is 5.91 Å². The van der Waals surface area contributed by atoms with E-state index in [9.17, 15) is 4.79 Å². The highest BCUT2D eigenvalue weighted by molar-refractivity contribution is 8.23. The molecule has 0 aliphatic rings. The van der Waals surface area contributed by atoms with Gasteiger partial charge in [-0.05, 0) is 19.6 Å². The van der Waals surface area contributed by atoms with E-state index in [4.69, 9.17) is 12.2 Å². The second-order valence-corrected chi connectivity index (χ2v) is 7.68. The first-order valence-electron chi connectivity index (χ1n) is 6.28. The van der Waals surface area contributed by atoms with E-state index in [1.54, 1.807) is 11.8 Å². The molecule has 1 aromatic heterocycles. The minimum atomic E-state index is -0.103. The summed E-state index contributed by atoms with van der Waals surface area (Å²) in [6.07, 6.45) is 0. The van der Waals surface area contributed by atoms with Gasteiger partial charge in [0.25, 0.3) is 0 Å². The number of hydrogen-bond acceptors (Lipinski definition) is 7. The summed E-state index contributed by atoms with van der Waals surface area (Å²) in [5.41, 5.74) is 0. The SMILES string of the molecule is CCSc1nnc(NC(=O)CSC(=S)N(CC)CC)s1. The zero-order valence-electron chi connectivity index (χ0n) is 11.7. The van der Waals surface area contributed by atoms with Gasteiger partial charge in [-0.25, -0.2) is 0 Å². The number of thiocarbonyl (C=S) groups is 1. The van der Waals surface area contributed by atoms with Gasteiger partial charge >= 0.3 is 0 Å². The van der Waals surface area contributed by atoms with E-state index in [2.05, 4.69) is 22.4 Å². The molecule has 1 heterocycles. The first-order chi connectivity index (χ1) is 9.60. The highest BCUT2D eigenvalue weighted by Crippen LogP contribution is 2.25. The zero-order chi connectivity index (χ0) is 15.0. The monoisotopic (exact) mass is 350 g/mol. The van der Waals surface area contributed by atoms with Crippen LogP contribution in [0.3, 0.4) is 0 Å². The Morgan fingerprint density at radius 2 is 2.05 bits per heavy atom. The van der Waals surface area contributed by atoms with Crippen LogP contribution >= 0.6 is 47.1 Å². The summed E-state index contributed by atoms with van der Waals surface area (Å²) in [6, 6.07) is 0. The fraction of sp³-hybridized carbons (Fsp3) is 0.636. The molecule has 20 heavy (non-hydrogen) atoms. The van der Waals surface area contributed by atoms with E-state index in [1.165, 1.54) is 23.1 Å². The molecule has 1 rings (SSSR count). The van der Waals surface area contributed by atoms with E-state index in [1.807, 2.05) is 18.7 Å². The maximum absolute atomic E-state index is 11.8. The molecule has 9 heteroatoms. The van der Waals surface area contributed by atoms with Crippen LogP contribution in [0.4, 0.5) is 5.13 Å². The quantitative estimate of drug-likeness (QED) is 0.461. The lowest BCUT2D eigenvalue weighted by Gasteiger charge is -2.20.